The first-order valence-electron chi connectivity index (χ1n) is 7.56. The van der Waals surface area contributed by atoms with Gasteiger partial charge in [0.05, 0.1) is 30.9 Å². The Morgan fingerprint density at radius 3 is 2.77 bits per heavy atom. The number of amides is 1. The Morgan fingerprint density at radius 1 is 1.46 bits per heavy atom. The summed E-state index contributed by atoms with van der Waals surface area (Å²) in [4.78, 5) is 25.6. The minimum absolute atomic E-state index is 0.00227. The van der Waals surface area contributed by atoms with Crippen molar-refractivity contribution in [3.8, 4) is 5.75 Å². The zero-order valence-electron chi connectivity index (χ0n) is 13.8. The molecule has 1 aromatic carbocycles. The van der Waals surface area contributed by atoms with Crippen LogP contribution in [0.2, 0.25) is 5.02 Å². The van der Waals surface area contributed by atoms with Crippen molar-refractivity contribution in [3.63, 3.8) is 0 Å². The van der Waals surface area contributed by atoms with Crippen LogP contribution in [0, 0.1) is 0 Å². The molecule has 26 heavy (non-hydrogen) atoms. The number of ether oxygens (including phenoxy) is 2. The number of aliphatic hydroxyl groups excluding tert-OH is 1. The summed E-state index contributed by atoms with van der Waals surface area (Å²) >= 11 is 5.99. The van der Waals surface area contributed by atoms with Crippen LogP contribution >= 0.6 is 11.6 Å². The zero-order valence-corrected chi connectivity index (χ0v) is 14.6. The SMILES string of the molecule is COC(=O)C1=C(Nc2ccc(OCC(F)F)c(Cl)c2)C(=O)N(CCO)C1. The molecule has 1 amide bonds. The Labute approximate surface area is 153 Å². The lowest BCUT2D eigenvalue weighted by atomic mass is 10.2. The van der Waals surface area contributed by atoms with E-state index in [1.165, 1.54) is 30.2 Å². The number of β-amino-alcohol motifs (C(OH)–C–C–N with tert-alkyl or cyclic N) is 1. The van der Waals surface area contributed by atoms with Crippen LogP contribution in [0.25, 0.3) is 0 Å². The molecule has 142 valence electrons. The average molecular weight is 391 g/mol. The third kappa shape index (κ3) is 4.61. The summed E-state index contributed by atoms with van der Waals surface area (Å²) in [6.07, 6.45) is -2.63. The number of carbonyl (C=O) groups is 2. The highest BCUT2D eigenvalue weighted by Gasteiger charge is 2.34. The van der Waals surface area contributed by atoms with Gasteiger partial charge in [0.25, 0.3) is 12.3 Å². The third-order valence-corrected chi connectivity index (χ3v) is 3.81. The fraction of sp³-hybridized carbons (Fsp3) is 0.375. The van der Waals surface area contributed by atoms with Crippen LogP contribution in [0.4, 0.5) is 14.5 Å². The van der Waals surface area contributed by atoms with Gasteiger partial charge >= 0.3 is 5.97 Å². The molecule has 0 fully saturated rings. The van der Waals surface area contributed by atoms with E-state index in [0.717, 1.165) is 0 Å². The molecule has 0 saturated carbocycles. The van der Waals surface area contributed by atoms with E-state index in [0.29, 0.717) is 5.69 Å². The smallest absolute Gasteiger partial charge is 0.337 e. The molecule has 1 aliphatic heterocycles. The first-order valence-corrected chi connectivity index (χ1v) is 7.94. The lowest BCUT2D eigenvalue weighted by molar-refractivity contribution is -0.136. The Bertz CT molecular complexity index is 727. The lowest BCUT2D eigenvalue weighted by Gasteiger charge is -2.15. The van der Waals surface area contributed by atoms with Gasteiger partial charge in [0, 0.05) is 12.2 Å². The highest BCUT2D eigenvalue weighted by Crippen LogP contribution is 2.30. The molecule has 0 spiro atoms. The molecule has 0 radical (unpaired) electrons. The second-order valence-electron chi connectivity index (χ2n) is 5.27. The van der Waals surface area contributed by atoms with E-state index in [9.17, 15) is 18.4 Å². The van der Waals surface area contributed by atoms with Crippen LogP contribution in [0.15, 0.2) is 29.5 Å². The Hall–Kier alpha value is -2.39. The zero-order chi connectivity index (χ0) is 19.3. The molecule has 10 heteroatoms. The summed E-state index contributed by atoms with van der Waals surface area (Å²) in [5.41, 5.74) is 0.470. The highest BCUT2D eigenvalue weighted by molar-refractivity contribution is 6.32. The molecule has 0 aromatic heterocycles. The number of methoxy groups -OCH3 is 1. The second kappa shape index (κ2) is 8.81. The van der Waals surface area contributed by atoms with Gasteiger partial charge in [-0.2, -0.15) is 0 Å². The fourth-order valence-corrected chi connectivity index (χ4v) is 2.58. The van der Waals surface area contributed by atoms with E-state index in [1.807, 2.05) is 0 Å². The summed E-state index contributed by atoms with van der Waals surface area (Å²) < 4.78 is 34.0. The van der Waals surface area contributed by atoms with E-state index in [4.69, 9.17) is 21.4 Å². The largest absolute Gasteiger partial charge is 0.486 e. The Kier molecular flexibility index (Phi) is 6.76. The van der Waals surface area contributed by atoms with Gasteiger partial charge in [-0.05, 0) is 18.2 Å². The number of esters is 1. The molecule has 1 aliphatic rings. The number of nitrogens with one attached hydrogen (secondary N) is 1. The first-order chi connectivity index (χ1) is 12.4. The average Bonchev–Trinajstić information content (AvgIpc) is 2.90. The molecular weight excluding hydrogens is 374 g/mol. The van der Waals surface area contributed by atoms with Crippen molar-refractivity contribution in [2.45, 2.75) is 6.43 Å². The first kappa shape index (κ1) is 19.9. The molecular formula is C16H17ClF2N2O5. The number of benzene rings is 1. The van der Waals surface area contributed by atoms with Gasteiger partial charge in [-0.3, -0.25) is 4.79 Å². The van der Waals surface area contributed by atoms with Crippen molar-refractivity contribution in [3.05, 3.63) is 34.5 Å². The fourth-order valence-electron chi connectivity index (χ4n) is 2.34. The number of nitrogens with zero attached hydrogens (tertiary/aromatic N) is 1. The summed E-state index contributed by atoms with van der Waals surface area (Å²) in [5, 5.41) is 11.9. The van der Waals surface area contributed by atoms with Crippen molar-refractivity contribution in [2.75, 3.05) is 38.7 Å². The van der Waals surface area contributed by atoms with Crippen molar-refractivity contribution in [2.24, 2.45) is 0 Å². The predicted molar refractivity (Wildman–Crippen MR) is 89.3 cm³/mol. The van der Waals surface area contributed by atoms with Crippen LogP contribution in [0.1, 0.15) is 0 Å². The normalized spacial score (nSPS) is 14.2. The van der Waals surface area contributed by atoms with Gasteiger partial charge in [-0.15, -0.1) is 0 Å². The third-order valence-electron chi connectivity index (χ3n) is 3.52. The Morgan fingerprint density at radius 2 is 2.19 bits per heavy atom. The van der Waals surface area contributed by atoms with Crippen LogP contribution in [0.5, 0.6) is 5.75 Å². The number of hydrogen-bond acceptors (Lipinski definition) is 6. The van der Waals surface area contributed by atoms with Gasteiger partial charge in [0.1, 0.15) is 18.1 Å². The second-order valence-corrected chi connectivity index (χ2v) is 5.67. The number of carbonyl (C=O) groups excluding carboxylic acids is 2. The van der Waals surface area contributed by atoms with Crippen LogP contribution < -0.4 is 10.1 Å². The maximum absolute atomic E-state index is 12.4. The van der Waals surface area contributed by atoms with Crippen molar-refractivity contribution in [1.82, 2.24) is 4.90 Å². The van der Waals surface area contributed by atoms with Crippen molar-refractivity contribution >= 4 is 29.2 Å². The molecule has 1 aromatic rings. The van der Waals surface area contributed by atoms with Crippen LogP contribution in [-0.2, 0) is 14.3 Å². The summed E-state index contributed by atoms with van der Waals surface area (Å²) in [6.45, 7) is -0.988. The maximum atomic E-state index is 12.4. The van der Waals surface area contributed by atoms with Gasteiger partial charge in [-0.25, -0.2) is 13.6 Å². The van der Waals surface area contributed by atoms with E-state index < -0.39 is 24.9 Å². The van der Waals surface area contributed by atoms with Gasteiger partial charge in [0.2, 0.25) is 0 Å². The minimum Gasteiger partial charge on any atom is -0.486 e. The minimum atomic E-state index is -2.63. The van der Waals surface area contributed by atoms with Crippen LogP contribution in [-0.4, -0.2) is 61.7 Å². The van der Waals surface area contributed by atoms with Gasteiger partial charge in [-0.1, -0.05) is 11.6 Å². The molecule has 0 unspecified atom stereocenters. The lowest BCUT2D eigenvalue weighted by Crippen LogP contribution is -2.31. The number of alkyl halides is 2. The van der Waals surface area contributed by atoms with E-state index in [2.05, 4.69) is 10.1 Å². The topological polar surface area (TPSA) is 88.1 Å². The van der Waals surface area contributed by atoms with Crippen molar-refractivity contribution < 1.29 is 33.0 Å². The Balaban J connectivity index is 2.22. The number of anilines is 1. The molecule has 7 nitrogen and oxygen atoms in total. The molecule has 2 N–H and O–H groups in total. The monoisotopic (exact) mass is 390 g/mol. The highest BCUT2D eigenvalue weighted by atomic mass is 35.5. The van der Waals surface area contributed by atoms with E-state index >= 15 is 0 Å². The molecule has 0 atom stereocenters. The molecule has 2 rings (SSSR count). The number of rotatable bonds is 8. The van der Waals surface area contributed by atoms with Crippen molar-refractivity contribution in [1.29, 1.82) is 0 Å². The standard InChI is InChI=1S/C16H17ClF2N2O5/c1-25-16(24)10-7-21(4-5-22)15(23)14(10)20-9-2-3-12(11(17)6-9)26-8-13(18)19/h2-3,6,13,20,22H,4-5,7-8H2,1H3. The molecule has 0 saturated heterocycles. The molecule has 0 aliphatic carbocycles. The van der Waals surface area contributed by atoms with Crippen LogP contribution in [0.3, 0.4) is 0 Å². The summed E-state index contributed by atoms with van der Waals surface area (Å²) in [6, 6.07) is 4.22. The summed E-state index contributed by atoms with van der Waals surface area (Å²) in [7, 11) is 1.19. The van der Waals surface area contributed by atoms with Gasteiger partial charge < -0.3 is 24.8 Å². The quantitative estimate of drug-likeness (QED) is 0.656. The number of aliphatic hydroxyl groups is 1. The number of halogens is 3. The molecule has 1 heterocycles. The van der Waals surface area contributed by atoms with E-state index in [1.54, 1.807) is 0 Å². The number of hydrogen-bond donors (Lipinski definition) is 2. The molecule has 0 bridgehead atoms. The maximum Gasteiger partial charge on any atom is 0.337 e. The van der Waals surface area contributed by atoms with Gasteiger partial charge in [0.15, 0.2) is 0 Å². The predicted octanol–water partition coefficient (Wildman–Crippen LogP) is 1.66. The summed E-state index contributed by atoms with van der Waals surface area (Å²) in [5.74, 6) is -1.09. The van der Waals surface area contributed by atoms with E-state index in [-0.39, 0.29) is 41.7 Å².